The summed E-state index contributed by atoms with van der Waals surface area (Å²) in [6.45, 7) is 3.55. The third-order valence-corrected chi connectivity index (χ3v) is 4.17. The molecule has 0 aliphatic carbocycles. The van der Waals surface area contributed by atoms with Gasteiger partial charge in [0.15, 0.2) is 5.78 Å². The highest BCUT2D eigenvalue weighted by Crippen LogP contribution is 2.33. The number of para-hydroxylation sites is 1. The minimum absolute atomic E-state index is 0.0308. The fourth-order valence-corrected chi connectivity index (χ4v) is 3.01. The Morgan fingerprint density at radius 3 is 2.55 bits per heavy atom. The second kappa shape index (κ2) is 6.75. The van der Waals surface area contributed by atoms with Gasteiger partial charge >= 0.3 is 0 Å². The molecule has 3 nitrogen and oxygen atoms in total. The van der Waals surface area contributed by atoms with Gasteiger partial charge in [-0.25, -0.2) is 0 Å². The van der Waals surface area contributed by atoms with Crippen LogP contribution < -0.4 is 10.1 Å². The van der Waals surface area contributed by atoms with Crippen molar-refractivity contribution in [2.24, 2.45) is 5.92 Å². The van der Waals surface area contributed by atoms with E-state index in [1.54, 1.807) is 6.92 Å². The smallest absolute Gasteiger partial charge is 0.163 e. The maximum Gasteiger partial charge on any atom is 0.163 e. The third kappa shape index (κ3) is 3.20. The van der Waals surface area contributed by atoms with Crippen molar-refractivity contribution in [1.29, 1.82) is 0 Å². The highest BCUT2D eigenvalue weighted by Gasteiger charge is 2.28. The van der Waals surface area contributed by atoms with E-state index in [4.69, 9.17) is 4.74 Å². The average Bonchev–Trinajstić information content (AvgIpc) is 3.08. The average molecular weight is 295 g/mol. The molecule has 0 bridgehead atoms. The monoisotopic (exact) mass is 295 g/mol. The van der Waals surface area contributed by atoms with E-state index in [9.17, 15) is 4.79 Å². The summed E-state index contributed by atoms with van der Waals surface area (Å²) in [5.41, 5.74) is 1.81. The third-order valence-electron chi connectivity index (χ3n) is 4.17. The van der Waals surface area contributed by atoms with Crippen LogP contribution in [0.5, 0.6) is 5.75 Å². The number of carbonyl (C=O) groups excluding carboxylic acids is 1. The molecule has 0 aromatic heterocycles. The van der Waals surface area contributed by atoms with Gasteiger partial charge in [0.25, 0.3) is 0 Å². The van der Waals surface area contributed by atoms with Gasteiger partial charge in [-0.1, -0.05) is 42.5 Å². The van der Waals surface area contributed by atoms with Gasteiger partial charge in [0.2, 0.25) is 0 Å². The van der Waals surface area contributed by atoms with Crippen LogP contribution in [0.1, 0.15) is 35.4 Å². The largest absolute Gasteiger partial charge is 0.485 e. The van der Waals surface area contributed by atoms with E-state index in [0.717, 1.165) is 25.1 Å². The van der Waals surface area contributed by atoms with Crippen molar-refractivity contribution < 1.29 is 9.53 Å². The molecule has 2 aromatic carbocycles. The fraction of sp³-hybridized carbons (Fsp3) is 0.316. The SMILES string of the molecule is CC(=O)c1ccccc1O[C@H](c1ccccc1)C1CCNC1. The van der Waals surface area contributed by atoms with Gasteiger partial charge in [-0.3, -0.25) is 4.79 Å². The lowest BCUT2D eigenvalue weighted by atomic mass is 9.94. The Hall–Kier alpha value is -2.13. The van der Waals surface area contributed by atoms with Gasteiger partial charge < -0.3 is 10.1 Å². The Bertz CT molecular complexity index is 633. The number of benzene rings is 2. The molecule has 1 fully saturated rings. The molecule has 0 spiro atoms. The molecule has 0 radical (unpaired) electrons. The highest BCUT2D eigenvalue weighted by atomic mass is 16.5. The Kier molecular flexibility index (Phi) is 4.54. The van der Waals surface area contributed by atoms with E-state index >= 15 is 0 Å². The molecule has 0 saturated carbocycles. The second-order valence-corrected chi connectivity index (χ2v) is 5.75. The van der Waals surface area contributed by atoms with Crippen LogP contribution in [0.15, 0.2) is 54.6 Å². The number of hydrogen-bond acceptors (Lipinski definition) is 3. The van der Waals surface area contributed by atoms with Crippen LogP contribution in [0.25, 0.3) is 0 Å². The predicted octanol–water partition coefficient (Wildman–Crippen LogP) is 3.62. The molecule has 1 N–H and O–H groups in total. The first-order valence-electron chi connectivity index (χ1n) is 7.78. The van der Waals surface area contributed by atoms with Crippen LogP contribution in [0, 0.1) is 5.92 Å². The van der Waals surface area contributed by atoms with Gasteiger partial charge in [-0.05, 0) is 37.6 Å². The summed E-state index contributed by atoms with van der Waals surface area (Å²) >= 11 is 0. The number of hydrogen-bond donors (Lipinski definition) is 1. The summed E-state index contributed by atoms with van der Waals surface area (Å²) in [5, 5.41) is 3.40. The quantitative estimate of drug-likeness (QED) is 0.856. The van der Waals surface area contributed by atoms with Crippen LogP contribution in [-0.2, 0) is 0 Å². The van der Waals surface area contributed by atoms with Crippen molar-refractivity contribution >= 4 is 5.78 Å². The maximum absolute atomic E-state index is 11.8. The normalized spacial score (nSPS) is 18.9. The minimum Gasteiger partial charge on any atom is -0.485 e. The van der Waals surface area contributed by atoms with Crippen molar-refractivity contribution in [3.05, 3.63) is 65.7 Å². The Morgan fingerprint density at radius 1 is 1.14 bits per heavy atom. The number of ketones is 1. The van der Waals surface area contributed by atoms with Crippen LogP contribution in [-0.4, -0.2) is 18.9 Å². The zero-order valence-corrected chi connectivity index (χ0v) is 12.8. The van der Waals surface area contributed by atoms with E-state index in [1.807, 2.05) is 42.5 Å². The van der Waals surface area contributed by atoms with E-state index in [-0.39, 0.29) is 11.9 Å². The Morgan fingerprint density at radius 2 is 1.86 bits per heavy atom. The minimum atomic E-state index is -0.0308. The van der Waals surface area contributed by atoms with Crippen LogP contribution in [0.4, 0.5) is 0 Å². The first-order chi connectivity index (χ1) is 10.8. The van der Waals surface area contributed by atoms with Gasteiger partial charge in [-0.15, -0.1) is 0 Å². The lowest BCUT2D eigenvalue weighted by Gasteiger charge is -2.25. The highest BCUT2D eigenvalue weighted by molar-refractivity contribution is 5.96. The summed E-state index contributed by atoms with van der Waals surface area (Å²) < 4.78 is 6.32. The van der Waals surface area contributed by atoms with E-state index < -0.39 is 0 Å². The van der Waals surface area contributed by atoms with E-state index in [2.05, 4.69) is 17.4 Å². The standard InChI is InChI=1S/C19H21NO2/c1-14(21)17-9-5-6-10-18(17)22-19(16-11-12-20-13-16)15-7-3-2-4-8-15/h2-10,16,19-20H,11-13H2,1H3/t16?,19-/m1/s1. The molecule has 114 valence electrons. The zero-order chi connectivity index (χ0) is 15.4. The topological polar surface area (TPSA) is 38.3 Å². The van der Waals surface area contributed by atoms with Crippen LogP contribution in [0.2, 0.25) is 0 Å². The number of nitrogens with one attached hydrogen (secondary N) is 1. The van der Waals surface area contributed by atoms with Crippen molar-refractivity contribution in [1.82, 2.24) is 5.32 Å². The molecule has 2 aromatic rings. The molecule has 2 atom stereocenters. The van der Waals surface area contributed by atoms with Crippen LogP contribution >= 0.6 is 0 Å². The molecule has 3 heteroatoms. The first kappa shape index (κ1) is 14.8. The fourth-order valence-electron chi connectivity index (χ4n) is 3.01. The van der Waals surface area contributed by atoms with E-state index in [1.165, 1.54) is 0 Å². The molecule has 1 heterocycles. The Balaban J connectivity index is 1.92. The molecular formula is C19H21NO2. The number of Topliss-reactive ketones (excluding diaryl/α,β-unsaturated/α-hetero) is 1. The summed E-state index contributed by atoms with van der Waals surface area (Å²) in [6, 6.07) is 17.8. The molecule has 3 rings (SSSR count). The van der Waals surface area contributed by atoms with Crippen molar-refractivity contribution in [3.8, 4) is 5.75 Å². The van der Waals surface area contributed by atoms with Gasteiger partial charge in [0.1, 0.15) is 11.9 Å². The van der Waals surface area contributed by atoms with Crippen LogP contribution in [0.3, 0.4) is 0 Å². The van der Waals surface area contributed by atoms with Crippen molar-refractivity contribution in [3.63, 3.8) is 0 Å². The molecule has 0 amide bonds. The first-order valence-corrected chi connectivity index (χ1v) is 7.78. The second-order valence-electron chi connectivity index (χ2n) is 5.75. The Labute approximate surface area is 131 Å². The zero-order valence-electron chi connectivity index (χ0n) is 12.8. The molecule has 1 aliphatic heterocycles. The lowest BCUT2D eigenvalue weighted by molar-refractivity contribution is 0.0997. The van der Waals surface area contributed by atoms with Crippen molar-refractivity contribution in [2.75, 3.05) is 13.1 Å². The molecule has 1 unspecified atom stereocenters. The predicted molar refractivity (Wildman–Crippen MR) is 87.2 cm³/mol. The molecule has 22 heavy (non-hydrogen) atoms. The molecular weight excluding hydrogens is 274 g/mol. The van der Waals surface area contributed by atoms with Gasteiger partial charge in [0.05, 0.1) is 5.56 Å². The lowest BCUT2D eigenvalue weighted by Crippen LogP contribution is -2.22. The maximum atomic E-state index is 11.8. The van der Waals surface area contributed by atoms with Gasteiger partial charge in [-0.2, -0.15) is 0 Å². The summed E-state index contributed by atoms with van der Waals surface area (Å²) in [5.74, 6) is 1.13. The van der Waals surface area contributed by atoms with E-state index in [0.29, 0.717) is 17.2 Å². The summed E-state index contributed by atoms with van der Waals surface area (Å²) in [7, 11) is 0. The van der Waals surface area contributed by atoms with Gasteiger partial charge in [0, 0.05) is 12.5 Å². The number of carbonyl (C=O) groups is 1. The molecule has 1 aliphatic rings. The number of rotatable bonds is 5. The summed E-state index contributed by atoms with van der Waals surface area (Å²) in [4.78, 5) is 11.8. The van der Waals surface area contributed by atoms with Crippen molar-refractivity contribution in [2.45, 2.75) is 19.4 Å². The summed E-state index contributed by atoms with van der Waals surface area (Å²) in [6.07, 6.45) is 1.05. The number of ether oxygens (including phenoxy) is 1. The molecule has 1 saturated heterocycles.